The van der Waals surface area contributed by atoms with Crippen molar-refractivity contribution in [3.05, 3.63) is 11.8 Å². The molecule has 1 aliphatic heterocycles. The van der Waals surface area contributed by atoms with Gasteiger partial charge in [-0.1, -0.05) is 0 Å². The lowest BCUT2D eigenvalue weighted by molar-refractivity contribution is -0.159. The van der Waals surface area contributed by atoms with Crippen LogP contribution in [0.15, 0.2) is 4.42 Å². The summed E-state index contributed by atoms with van der Waals surface area (Å²) in [5.74, 6) is 1.01. The van der Waals surface area contributed by atoms with E-state index in [0.717, 1.165) is 37.0 Å². The minimum Gasteiger partial charge on any atom is -0.417 e. The van der Waals surface area contributed by atoms with E-state index in [9.17, 15) is 18.0 Å². The van der Waals surface area contributed by atoms with Crippen molar-refractivity contribution in [2.75, 3.05) is 13.1 Å². The Kier molecular flexibility index (Phi) is 3.85. The topological polar surface area (TPSA) is 59.2 Å². The van der Waals surface area contributed by atoms with Gasteiger partial charge < -0.3 is 9.32 Å². The standard InChI is InChI=1S/C19H24F3N3O2/c20-19(21,22)16-24-23-15(27-16)14-1-3-25(4-2-14)17(26)18-8-11-5-12(9-18)7-13(6-11)10-18/h11-14H,1-10H2. The van der Waals surface area contributed by atoms with E-state index >= 15 is 0 Å². The number of piperidine rings is 1. The summed E-state index contributed by atoms with van der Waals surface area (Å²) >= 11 is 0. The minimum atomic E-state index is -4.61. The van der Waals surface area contributed by atoms with Gasteiger partial charge in [-0.3, -0.25) is 4.79 Å². The Balaban J connectivity index is 1.24. The summed E-state index contributed by atoms with van der Waals surface area (Å²) < 4.78 is 42.8. The molecule has 1 amide bonds. The van der Waals surface area contributed by atoms with E-state index in [4.69, 9.17) is 4.42 Å². The van der Waals surface area contributed by atoms with E-state index < -0.39 is 12.1 Å². The van der Waals surface area contributed by atoms with E-state index in [1.807, 2.05) is 4.90 Å². The summed E-state index contributed by atoms with van der Waals surface area (Å²) in [5.41, 5.74) is -0.157. The fourth-order valence-corrected chi connectivity index (χ4v) is 6.55. The second kappa shape index (κ2) is 5.95. The SMILES string of the molecule is O=C(N1CCC(c2nnc(C(F)(F)F)o2)CC1)C12CC3CC(CC(C3)C1)C2. The molecule has 4 aliphatic carbocycles. The van der Waals surface area contributed by atoms with Crippen molar-refractivity contribution in [3.63, 3.8) is 0 Å². The van der Waals surface area contributed by atoms with Crippen LogP contribution in [0.4, 0.5) is 13.2 Å². The summed E-state index contributed by atoms with van der Waals surface area (Å²) in [6, 6.07) is 0. The second-order valence-electron chi connectivity index (χ2n) is 9.21. The fraction of sp³-hybridized carbons (Fsp3) is 0.842. The van der Waals surface area contributed by atoms with Crippen molar-refractivity contribution in [2.45, 2.75) is 63.5 Å². The maximum absolute atomic E-state index is 13.4. The zero-order chi connectivity index (χ0) is 18.8. The molecule has 1 saturated heterocycles. The molecule has 5 nitrogen and oxygen atoms in total. The molecular weight excluding hydrogens is 359 g/mol. The highest BCUT2D eigenvalue weighted by molar-refractivity contribution is 5.83. The van der Waals surface area contributed by atoms with Gasteiger partial charge in [-0.25, -0.2) is 0 Å². The normalized spacial score (nSPS) is 36.4. The van der Waals surface area contributed by atoms with Gasteiger partial charge in [-0.2, -0.15) is 13.2 Å². The Morgan fingerprint density at radius 3 is 2.04 bits per heavy atom. The van der Waals surface area contributed by atoms with Crippen LogP contribution in [0.25, 0.3) is 0 Å². The van der Waals surface area contributed by atoms with Crippen LogP contribution in [-0.4, -0.2) is 34.1 Å². The van der Waals surface area contributed by atoms with Crippen LogP contribution in [0, 0.1) is 23.2 Å². The summed E-state index contributed by atoms with van der Waals surface area (Å²) in [5, 5.41) is 6.71. The number of carbonyl (C=O) groups is 1. The lowest BCUT2D eigenvalue weighted by Crippen LogP contribution is -2.55. The average molecular weight is 383 g/mol. The third kappa shape index (κ3) is 2.95. The van der Waals surface area contributed by atoms with Gasteiger partial charge in [0.15, 0.2) is 0 Å². The Hall–Kier alpha value is -1.60. The highest BCUT2D eigenvalue weighted by atomic mass is 19.4. The van der Waals surface area contributed by atoms with Crippen LogP contribution in [-0.2, 0) is 11.0 Å². The average Bonchev–Trinajstić information content (AvgIpc) is 3.10. The molecule has 8 heteroatoms. The predicted octanol–water partition coefficient (Wildman–Crippen LogP) is 4.01. The Bertz CT molecular complexity index is 702. The van der Waals surface area contributed by atoms with Crippen molar-refractivity contribution in [3.8, 4) is 0 Å². The Morgan fingerprint density at radius 2 is 1.56 bits per heavy atom. The minimum absolute atomic E-state index is 0.0456. The molecule has 6 rings (SSSR count). The summed E-state index contributed by atoms with van der Waals surface area (Å²) in [4.78, 5) is 15.3. The van der Waals surface area contributed by atoms with E-state index in [1.54, 1.807) is 0 Å². The van der Waals surface area contributed by atoms with Crippen molar-refractivity contribution in [2.24, 2.45) is 23.2 Å². The molecule has 4 bridgehead atoms. The van der Waals surface area contributed by atoms with Crippen LogP contribution in [0.3, 0.4) is 0 Å². The Morgan fingerprint density at radius 1 is 1.00 bits per heavy atom. The number of alkyl halides is 3. The van der Waals surface area contributed by atoms with Crippen LogP contribution in [0.5, 0.6) is 0 Å². The van der Waals surface area contributed by atoms with E-state index in [1.165, 1.54) is 19.3 Å². The molecule has 1 aromatic rings. The quantitative estimate of drug-likeness (QED) is 0.774. The van der Waals surface area contributed by atoms with Gasteiger partial charge in [-0.05, 0) is 69.1 Å². The first kappa shape index (κ1) is 17.5. The van der Waals surface area contributed by atoms with Crippen molar-refractivity contribution in [1.29, 1.82) is 0 Å². The summed E-state index contributed by atoms with van der Waals surface area (Å²) in [6.07, 6.45) is 3.56. The van der Waals surface area contributed by atoms with Crippen LogP contribution >= 0.6 is 0 Å². The van der Waals surface area contributed by atoms with Gasteiger partial charge >= 0.3 is 12.1 Å². The maximum Gasteiger partial charge on any atom is 0.470 e. The smallest absolute Gasteiger partial charge is 0.417 e. The molecule has 0 unspecified atom stereocenters. The molecule has 2 heterocycles. The van der Waals surface area contributed by atoms with Gasteiger partial charge in [0.25, 0.3) is 0 Å². The van der Waals surface area contributed by atoms with Crippen molar-refractivity contribution in [1.82, 2.24) is 15.1 Å². The first-order valence-corrected chi connectivity index (χ1v) is 10.0. The third-order valence-corrected chi connectivity index (χ3v) is 7.31. The lowest BCUT2D eigenvalue weighted by Gasteiger charge is -2.57. The number of halogens is 3. The molecule has 4 saturated carbocycles. The van der Waals surface area contributed by atoms with Crippen LogP contribution in [0.2, 0.25) is 0 Å². The molecular formula is C19H24F3N3O2. The first-order valence-electron chi connectivity index (χ1n) is 10.0. The first-order chi connectivity index (χ1) is 12.8. The third-order valence-electron chi connectivity index (χ3n) is 7.31. The summed E-state index contributed by atoms with van der Waals surface area (Å²) in [7, 11) is 0. The van der Waals surface area contributed by atoms with Gasteiger partial charge in [0.05, 0.1) is 5.41 Å². The number of likely N-dealkylation sites (tertiary alicyclic amines) is 1. The van der Waals surface area contributed by atoms with Gasteiger partial charge in [0.2, 0.25) is 11.8 Å². The fourth-order valence-electron chi connectivity index (χ4n) is 6.55. The molecule has 0 atom stereocenters. The molecule has 0 N–H and O–H groups in total. The van der Waals surface area contributed by atoms with Crippen LogP contribution in [0.1, 0.15) is 69.1 Å². The van der Waals surface area contributed by atoms with Crippen molar-refractivity contribution >= 4 is 5.91 Å². The molecule has 1 aromatic heterocycles. The molecule has 0 aromatic carbocycles. The lowest BCUT2D eigenvalue weighted by atomic mass is 9.49. The number of amides is 1. The summed E-state index contributed by atoms with van der Waals surface area (Å²) in [6.45, 7) is 1.13. The largest absolute Gasteiger partial charge is 0.470 e. The monoisotopic (exact) mass is 383 g/mol. The molecule has 0 spiro atoms. The molecule has 5 aliphatic rings. The number of nitrogens with zero attached hydrogens (tertiary/aromatic N) is 3. The van der Waals surface area contributed by atoms with Crippen molar-refractivity contribution < 1.29 is 22.4 Å². The number of hydrogen-bond donors (Lipinski definition) is 0. The van der Waals surface area contributed by atoms with E-state index in [0.29, 0.717) is 31.8 Å². The Labute approximate surface area is 155 Å². The zero-order valence-electron chi connectivity index (χ0n) is 15.2. The number of rotatable bonds is 2. The maximum atomic E-state index is 13.4. The zero-order valence-corrected chi connectivity index (χ0v) is 15.2. The molecule has 0 radical (unpaired) electrons. The van der Waals surface area contributed by atoms with E-state index in [2.05, 4.69) is 10.2 Å². The highest BCUT2D eigenvalue weighted by Crippen LogP contribution is 2.60. The molecule has 27 heavy (non-hydrogen) atoms. The number of carbonyl (C=O) groups excluding carboxylic acids is 1. The molecule has 5 fully saturated rings. The van der Waals surface area contributed by atoms with Crippen LogP contribution < -0.4 is 0 Å². The van der Waals surface area contributed by atoms with Gasteiger partial charge in [0.1, 0.15) is 0 Å². The van der Waals surface area contributed by atoms with Gasteiger partial charge in [-0.15, -0.1) is 10.2 Å². The highest BCUT2D eigenvalue weighted by Gasteiger charge is 2.55. The number of aromatic nitrogens is 2. The van der Waals surface area contributed by atoms with Gasteiger partial charge in [0, 0.05) is 19.0 Å². The van der Waals surface area contributed by atoms with E-state index in [-0.39, 0.29) is 17.2 Å². The number of hydrogen-bond acceptors (Lipinski definition) is 4. The second-order valence-corrected chi connectivity index (χ2v) is 9.21. The predicted molar refractivity (Wildman–Crippen MR) is 88.5 cm³/mol. The molecule has 148 valence electrons.